The van der Waals surface area contributed by atoms with Crippen LogP contribution < -0.4 is 0 Å². The second-order valence-corrected chi connectivity index (χ2v) is 6.30. The molecule has 0 saturated heterocycles. The predicted molar refractivity (Wildman–Crippen MR) is 73.9 cm³/mol. The van der Waals surface area contributed by atoms with Crippen LogP contribution in [-0.2, 0) is 0 Å². The van der Waals surface area contributed by atoms with Crippen molar-refractivity contribution < 1.29 is 0 Å². The van der Waals surface area contributed by atoms with E-state index >= 15 is 0 Å². The molecule has 0 amide bonds. The lowest BCUT2D eigenvalue weighted by atomic mass is 9.77. The van der Waals surface area contributed by atoms with E-state index in [-0.39, 0.29) is 0 Å². The molecule has 1 rings (SSSR count). The summed E-state index contributed by atoms with van der Waals surface area (Å²) in [6.07, 6.45) is 1.25. The Morgan fingerprint density at radius 3 is 2.27 bits per heavy atom. The SMILES string of the molecule is CC.CC1=NC(C(C)C(C)(C)C)CCS1. The van der Waals surface area contributed by atoms with E-state index in [1.54, 1.807) is 0 Å². The van der Waals surface area contributed by atoms with Gasteiger partial charge in [-0.05, 0) is 24.7 Å². The zero-order chi connectivity index (χ0) is 12.1. The van der Waals surface area contributed by atoms with Gasteiger partial charge >= 0.3 is 0 Å². The van der Waals surface area contributed by atoms with Gasteiger partial charge in [0.25, 0.3) is 0 Å². The Labute approximate surface area is 100 Å². The van der Waals surface area contributed by atoms with E-state index in [0.29, 0.717) is 17.4 Å². The molecular weight excluding hydrogens is 202 g/mol. The summed E-state index contributed by atoms with van der Waals surface area (Å²) in [4.78, 5) is 4.73. The van der Waals surface area contributed by atoms with Gasteiger partial charge in [0.1, 0.15) is 0 Å². The molecule has 1 aliphatic heterocycles. The fraction of sp³-hybridized carbons (Fsp3) is 0.923. The third-order valence-corrected chi connectivity index (χ3v) is 3.98. The Bertz CT molecular complexity index is 203. The van der Waals surface area contributed by atoms with Crippen molar-refractivity contribution in [2.45, 2.75) is 60.9 Å². The van der Waals surface area contributed by atoms with Crippen molar-refractivity contribution in [1.82, 2.24) is 0 Å². The molecule has 1 nitrogen and oxygen atoms in total. The zero-order valence-corrected chi connectivity index (χ0v) is 12.2. The zero-order valence-electron chi connectivity index (χ0n) is 11.4. The first kappa shape index (κ1) is 15.0. The first-order valence-electron chi connectivity index (χ1n) is 6.08. The van der Waals surface area contributed by atoms with Crippen molar-refractivity contribution in [3.8, 4) is 0 Å². The molecular formula is C13H27NS. The summed E-state index contributed by atoms with van der Waals surface area (Å²) in [5.74, 6) is 1.93. The molecule has 0 aromatic rings. The van der Waals surface area contributed by atoms with E-state index in [2.05, 4.69) is 34.6 Å². The molecule has 0 aliphatic carbocycles. The van der Waals surface area contributed by atoms with Crippen molar-refractivity contribution in [2.24, 2.45) is 16.3 Å². The van der Waals surface area contributed by atoms with Gasteiger partial charge in [0.15, 0.2) is 0 Å². The number of rotatable bonds is 1. The monoisotopic (exact) mass is 229 g/mol. The lowest BCUT2D eigenvalue weighted by molar-refractivity contribution is 0.219. The normalized spacial score (nSPS) is 23.7. The molecule has 0 saturated carbocycles. The van der Waals surface area contributed by atoms with Gasteiger partial charge < -0.3 is 0 Å². The Hall–Kier alpha value is 0.0200. The van der Waals surface area contributed by atoms with E-state index in [9.17, 15) is 0 Å². The number of nitrogens with zero attached hydrogens (tertiary/aromatic N) is 1. The maximum Gasteiger partial charge on any atom is 0.0648 e. The van der Waals surface area contributed by atoms with E-state index in [1.165, 1.54) is 17.2 Å². The van der Waals surface area contributed by atoms with Crippen LogP contribution in [0, 0.1) is 11.3 Å². The van der Waals surface area contributed by atoms with Crippen LogP contribution in [0.25, 0.3) is 0 Å². The Morgan fingerprint density at radius 1 is 1.33 bits per heavy atom. The summed E-state index contributed by atoms with van der Waals surface area (Å²) in [6.45, 7) is 15.4. The lowest BCUT2D eigenvalue weighted by Crippen LogP contribution is -2.31. The molecule has 1 heterocycles. The summed E-state index contributed by atoms with van der Waals surface area (Å²) >= 11 is 1.90. The molecule has 0 radical (unpaired) electrons. The molecule has 15 heavy (non-hydrogen) atoms. The molecule has 1 aliphatic rings. The van der Waals surface area contributed by atoms with Crippen molar-refractivity contribution >= 4 is 16.8 Å². The smallest absolute Gasteiger partial charge is 0.0648 e. The molecule has 0 fully saturated rings. The van der Waals surface area contributed by atoms with Crippen LogP contribution in [0.5, 0.6) is 0 Å². The Balaban J connectivity index is 0.000000921. The lowest BCUT2D eigenvalue weighted by Gasteiger charge is -2.34. The van der Waals surface area contributed by atoms with E-state index in [4.69, 9.17) is 4.99 Å². The van der Waals surface area contributed by atoms with Gasteiger partial charge in [-0.3, -0.25) is 4.99 Å². The highest BCUT2D eigenvalue weighted by Gasteiger charge is 2.29. The number of aliphatic imine (C=N–C) groups is 1. The van der Waals surface area contributed by atoms with Gasteiger partial charge in [-0.15, -0.1) is 11.8 Å². The molecule has 2 unspecified atom stereocenters. The van der Waals surface area contributed by atoms with Crippen LogP contribution in [0.15, 0.2) is 4.99 Å². The second-order valence-electron chi connectivity index (χ2n) is 5.01. The van der Waals surface area contributed by atoms with Gasteiger partial charge in [-0.25, -0.2) is 0 Å². The predicted octanol–water partition coefficient (Wildman–Crippen LogP) is 4.62. The maximum atomic E-state index is 4.73. The van der Waals surface area contributed by atoms with Gasteiger partial charge in [0.2, 0.25) is 0 Å². The third kappa shape index (κ3) is 5.05. The third-order valence-electron chi connectivity index (χ3n) is 3.02. The second kappa shape index (κ2) is 6.57. The Kier molecular flexibility index (Phi) is 6.58. The number of hydrogen-bond acceptors (Lipinski definition) is 2. The standard InChI is InChI=1S/C11H21NS.C2H6/c1-8(11(3,4)5)10-6-7-13-9(2)12-10;1-2/h8,10H,6-7H2,1-5H3;1-2H3. The highest BCUT2D eigenvalue weighted by atomic mass is 32.2. The molecule has 2 heteroatoms. The molecule has 0 spiro atoms. The molecule has 0 bridgehead atoms. The van der Waals surface area contributed by atoms with Crippen LogP contribution in [0.4, 0.5) is 0 Å². The first-order chi connectivity index (χ1) is 6.91. The summed E-state index contributed by atoms with van der Waals surface area (Å²) in [5.41, 5.74) is 0.385. The number of hydrogen-bond donors (Lipinski definition) is 0. The number of thioether (sulfide) groups is 1. The van der Waals surface area contributed by atoms with Crippen molar-refractivity contribution in [2.75, 3.05) is 5.75 Å². The van der Waals surface area contributed by atoms with Crippen molar-refractivity contribution in [3.63, 3.8) is 0 Å². The Morgan fingerprint density at radius 2 is 1.87 bits per heavy atom. The van der Waals surface area contributed by atoms with Crippen molar-refractivity contribution in [3.05, 3.63) is 0 Å². The quantitative estimate of drug-likeness (QED) is 0.639. The highest BCUT2D eigenvalue weighted by molar-refractivity contribution is 8.13. The minimum Gasteiger partial charge on any atom is -0.280 e. The van der Waals surface area contributed by atoms with Gasteiger partial charge in [0.05, 0.1) is 11.1 Å². The molecule has 2 atom stereocenters. The molecule has 0 N–H and O–H groups in total. The van der Waals surface area contributed by atoms with Crippen LogP contribution in [0.2, 0.25) is 0 Å². The largest absolute Gasteiger partial charge is 0.280 e. The first-order valence-corrected chi connectivity index (χ1v) is 7.07. The van der Waals surface area contributed by atoms with Crippen LogP contribution in [0.1, 0.15) is 54.9 Å². The van der Waals surface area contributed by atoms with Gasteiger partial charge in [-0.1, -0.05) is 41.5 Å². The van der Waals surface area contributed by atoms with Crippen LogP contribution in [-0.4, -0.2) is 16.8 Å². The fourth-order valence-electron chi connectivity index (χ4n) is 1.60. The maximum absolute atomic E-state index is 4.73. The van der Waals surface area contributed by atoms with E-state index < -0.39 is 0 Å². The molecule has 0 aromatic heterocycles. The minimum absolute atomic E-state index is 0.385. The topological polar surface area (TPSA) is 12.4 Å². The van der Waals surface area contributed by atoms with Crippen molar-refractivity contribution in [1.29, 1.82) is 0 Å². The summed E-state index contributed by atoms with van der Waals surface area (Å²) in [6, 6.07) is 0.557. The van der Waals surface area contributed by atoms with Crippen LogP contribution in [0.3, 0.4) is 0 Å². The molecule has 0 aromatic carbocycles. The summed E-state index contributed by atoms with van der Waals surface area (Å²) in [7, 11) is 0. The van der Waals surface area contributed by atoms with E-state index in [0.717, 1.165) is 0 Å². The summed E-state index contributed by atoms with van der Waals surface area (Å²) in [5, 5.41) is 1.27. The average molecular weight is 229 g/mol. The fourth-order valence-corrected chi connectivity index (χ4v) is 2.47. The minimum atomic E-state index is 0.385. The summed E-state index contributed by atoms with van der Waals surface area (Å²) < 4.78 is 0. The van der Waals surface area contributed by atoms with Crippen LogP contribution >= 0.6 is 11.8 Å². The highest BCUT2D eigenvalue weighted by Crippen LogP contribution is 2.33. The average Bonchev–Trinajstić information content (AvgIpc) is 2.18. The van der Waals surface area contributed by atoms with Gasteiger partial charge in [0, 0.05) is 5.75 Å². The van der Waals surface area contributed by atoms with E-state index in [1.807, 2.05) is 25.6 Å². The molecule has 90 valence electrons. The van der Waals surface area contributed by atoms with Gasteiger partial charge in [-0.2, -0.15) is 0 Å².